The van der Waals surface area contributed by atoms with Gasteiger partial charge in [0.05, 0.1) is 11.7 Å². The van der Waals surface area contributed by atoms with Crippen molar-refractivity contribution in [2.75, 3.05) is 11.1 Å². The van der Waals surface area contributed by atoms with Crippen LogP contribution in [0.2, 0.25) is 0 Å². The number of nitrogens with one attached hydrogen (secondary N) is 1. The predicted octanol–water partition coefficient (Wildman–Crippen LogP) is 1.82. The molecule has 4 heterocycles. The van der Waals surface area contributed by atoms with Gasteiger partial charge in [-0.05, 0) is 26.8 Å². The first-order chi connectivity index (χ1) is 13.4. The molecule has 3 aromatic rings. The third-order valence-corrected chi connectivity index (χ3v) is 5.48. The lowest BCUT2D eigenvalue weighted by molar-refractivity contribution is -0.116. The van der Waals surface area contributed by atoms with Gasteiger partial charge in [0.1, 0.15) is 12.1 Å². The minimum Gasteiger partial charge on any atom is -0.310 e. The second-order valence-electron chi connectivity index (χ2n) is 6.71. The normalized spacial score (nSPS) is 15.5. The van der Waals surface area contributed by atoms with Crippen molar-refractivity contribution in [3.8, 4) is 5.82 Å². The summed E-state index contributed by atoms with van der Waals surface area (Å²) < 4.78 is 3.29. The van der Waals surface area contributed by atoms with Crippen molar-refractivity contribution in [2.24, 2.45) is 0 Å². The molecule has 10 heteroatoms. The highest BCUT2D eigenvalue weighted by atomic mass is 32.2. The highest BCUT2D eigenvalue weighted by molar-refractivity contribution is 7.99. The van der Waals surface area contributed by atoms with Gasteiger partial charge in [0.25, 0.3) is 5.56 Å². The van der Waals surface area contributed by atoms with Crippen LogP contribution < -0.4 is 10.9 Å². The Hall–Kier alpha value is -3.01. The molecule has 0 saturated carbocycles. The Kier molecular flexibility index (Phi) is 4.71. The molecular weight excluding hydrogens is 378 g/mol. The van der Waals surface area contributed by atoms with Crippen LogP contribution in [0.3, 0.4) is 0 Å². The second-order valence-corrected chi connectivity index (χ2v) is 7.69. The van der Waals surface area contributed by atoms with Gasteiger partial charge < -0.3 is 5.32 Å². The molecular formula is C18H19N7O2S. The van der Waals surface area contributed by atoms with Crippen LogP contribution in [0.4, 0.5) is 5.82 Å². The maximum Gasteiger partial charge on any atom is 0.254 e. The molecule has 3 aromatic heterocycles. The van der Waals surface area contributed by atoms with Gasteiger partial charge in [0.2, 0.25) is 5.91 Å². The third-order valence-electron chi connectivity index (χ3n) is 4.39. The number of fused-ring (bicyclic) bond motifs is 1. The number of nitrogens with zero attached hydrogens (tertiary/aromatic N) is 6. The summed E-state index contributed by atoms with van der Waals surface area (Å²) in [4.78, 5) is 37.5. The summed E-state index contributed by atoms with van der Waals surface area (Å²) in [6.45, 7) is 5.63. The number of hydrogen-bond donors (Lipinski definition) is 1. The smallest absolute Gasteiger partial charge is 0.254 e. The Morgan fingerprint density at radius 2 is 2.04 bits per heavy atom. The van der Waals surface area contributed by atoms with Crippen LogP contribution in [-0.4, -0.2) is 41.0 Å². The van der Waals surface area contributed by atoms with Gasteiger partial charge in [0, 0.05) is 35.7 Å². The predicted molar refractivity (Wildman–Crippen MR) is 105 cm³/mol. The van der Waals surface area contributed by atoms with E-state index in [0.717, 1.165) is 11.4 Å². The zero-order chi connectivity index (χ0) is 19.8. The van der Waals surface area contributed by atoms with Crippen LogP contribution in [0.15, 0.2) is 34.5 Å². The molecule has 0 aliphatic carbocycles. The zero-order valence-electron chi connectivity index (χ0n) is 15.7. The maximum absolute atomic E-state index is 12.5. The quantitative estimate of drug-likeness (QED) is 0.669. The van der Waals surface area contributed by atoms with E-state index in [1.165, 1.54) is 24.2 Å². The standard InChI is InChI=1S/C18H19N7O2S/c1-10-5-17(27)24-13(8-28-18(24)21-10)6-16(26)22-14-7-15(20-9-19-14)25-12(3)4-11(2)23-25/h4-5,7,9,13H,6,8H2,1-3H3,(H,19,20,22,26). The number of hydrogen-bond acceptors (Lipinski definition) is 7. The van der Waals surface area contributed by atoms with Gasteiger partial charge in [-0.15, -0.1) is 0 Å². The fraction of sp³-hybridized carbons (Fsp3) is 0.333. The highest BCUT2D eigenvalue weighted by Gasteiger charge is 2.27. The average Bonchev–Trinajstić information content (AvgIpc) is 3.17. The van der Waals surface area contributed by atoms with Crippen LogP contribution in [-0.2, 0) is 4.79 Å². The number of carbonyl (C=O) groups excluding carboxylic acids is 1. The maximum atomic E-state index is 12.5. The molecule has 1 aliphatic heterocycles. The van der Waals surface area contributed by atoms with Crippen LogP contribution >= 0.6 is 11.8 Å². The number of anilines is 1. The Labute approximate surface area is 165 Å². The Balaban J connectivity index is 1.50. The van der Waals surface area contributed by atoms with E-state index in [0.29, 0.717) is 28.2 Å². The van der Waals surface area contributed by atoms with Crippen molar-refractivity contribution in [3.05, 3.63) is 52.0 Å². The lowest BCUT2D eigenvalue weighted by atomic mass is 10.2. The monoisotopic (exact) mass is 397 g/mol. The van der Waals surface area contributed by atoms with E-state index in [1.807, 2.05) is 19.9 Å². The molecule has 1 N–H and O–H groups in total. The summed E-state index contributed by atoms with van der Waals surface area (Å²) in [5.74, 6) is 1.39. The van der Waals surface area contributed by atoms with E-state index in [4.69, 9.17) is 0 Å². The average molecular weight is 397 g/mol. The second kappa shape index (κ2) is 7.19. The minimum absolute atomic E-state index is 0.126. The molecule has 1 unspecified atom stereocenters. The molecule has 0 aromatic carbocycles. The summed E-state index contributed by atoms with van der Waals surface area (Å²) in [5.41, 5.74) is 2.38. The molecule has 0 bridgehead atoms. The molecule has 9 nitrogen and oxygen atoms in total. The molecule has 28 heavy (non-hydrogen) atoms. The van der Waals surface area contributed by atoms with E-state index >= 15 is 0 Å². The number of carbonyl (C=O) groups is 1. The third kappa shape index (κ3) is 3.55. The van der Waals surface area contributed by atoms with Crippen LogP contribution in [0, 0.1) is 20.8 Å². The minimum atomic E-state index is -0.224. The first kappa shape index (κ1) is 18.4. The van der Waals surface area contributed by atoms with Crippen molar-refractivity contribution in [1.29, 1.82) is 0 Å². The van der Waals surface area contributed by atoms with Crippen molar-refractivity contribution in [1.82, 2.24) is 29.3 Å². The molecule has 1 amide bonds. The van der Waals surface area contributed by atoms with Gasteiger partial charge >= 0.3 is 0 Å². The number of aromatic nitrogens is 6. The summed E-state index contributed by atoms with van der Waals surface area (Å²) in [6.07, 6.45) is 1.56. The fourth-order valence-electron chi connectivity index (χ4n) is 3.21. The first-order valence-corrected chi connectivity index (χ1v) is 9.78. The van der Waals surface area contributed by atoms with E-state index in [-0.39, 0.29) is 23.9 Å². The molecule has 1 aliphatic rings. The van der Waals surface area contributed by atoms with Crippen molar-refractivity contribution in [2.45, 2.75) is 38.4 Å². The summed E-state index contributed by atoms with van der Waals surface area (Å²) in [5, 5.41) is 7.85. The number of rotatable bonds is 4. The first-order valence-electron chi connectivity index (χ1n) is 8.79. The lowest BCUT2D eigenvalue weighted by Gasteiger charge is -2.13. The van der Waals surface area contributed by atoms with Gasteiger partial charge in [-0.3, -0.25) is 14.2 Å². The molecule has 4 rings (SSSR count). The largest absolute Gasteiger partial charge is 0.310 e. The zero-order valence-corrected chi connectivity index (χ0v) is 16.5. The SMILES string of the molecule is Cc1cc(=O)n2c(n1)SCC2CC(=O)Nc1cc(-n2nc(C)cc2C)ncn1. The van der Waals surface area contributed by atoms with Crippen molar-refractivity contribution >= 4 is 23.5 Å². The van der Waals surface area contributed by atoms with Crippen LogP contribution in [0.25, 0.3) is 5.82 Å². The summed E-state index contributed by atoms with van der Waals surface area (Å²) in [7, 11) is 0. The van der Waals surface area contributed by atoms with Gasteiger partial charge in [-0.1, -0.05) is 11.8 Å². The van der Waals surface area contributed by atoms with Gasteiger partial charge in [-0.25, -0.2) is 19.6 Å². The van der Waals surface area contributed by atoms with Gasteiger partial charge in [-0.2, -0.15) is 5.10 Å². The fourth-order valence-corrected chi connectivity index (χ4v) is 4.41. The molecule has 0 fully saturated rings. The molecule has 144 valence electrons. The molecule has 0 saturated heterocycles. The van der Waals surface area contributed by atoms with Crippen LogP contribution in [0.1, 0.15) is 29.5 Å². The topological polar surface area (TPSA) is 108 Å². The van der Waals surface area contributed by atoms with Gasteiger partial charge in [0.15, 0.2) is 11.0 Å². The summed E-state index contributed by atoms with van der Waals surface area (Å²) >= 11 is 1.49. The molecule has 1 atom stereocenters. The lowest BCUT2D eigenvalue weighted by Crippen LogP contribution is -2.27. The Morgan fingerprint density at radius 3 is 2.79 bits per heavy atom. The molecule has 0 spiro atoms. The van der Waals surface area contributed by atoms with E-state index in [9.17, 15) is 9.59 Å². The Bertz CT molecular complexity index is 1120. The highest BCUT2D eigenvalue weighted by Crippen LogP contribution is 2.32. The van der Waals surface area contributed by atoms with E-state index in [1.54, 1.807) is 22.2 Å². The Morgan fingerprint density at radius 1 is 1.21 bits per heavy atom. The number of aryl methyl sites for hydroxylation is 3. The van der Waals surface area contributed by atoms with Crippen molar-refractivity contribution in [3.63, 3.8) is 0 Å². The number of amides is 1. The van der Waals surface area contributed by atoms with Crippen molar-refractivity contribution < 1.29 is 4.79 Å². The van der Waals surface area contributed by atoms with E-state index < -0.39 is 0 Å². The summed E-state index contributed by atoms with van der Waals surface area (Å²) in [6, 6.07) is 4.89. The van der Waals surface area contributed by atoms with Crippen LogP contribution in [0.5, 0.6) is 0 Å². The number of thioether (sulfide) groups is 1. The molecule has 0 radical (unpaired) electrons. The van der Waals surface area contributed by atoms with E-state index in [2.05, 4.69) is 25.4 Å².